The third kappa shape index (κ3) is 2.81. The van der Waals surface area contributed by atoms with E-state index in [0.29, 0.717) is 5.92 Å². The largest absolute Gasteiger partial charge is 0.334 e. The molecular formula is C19H25N7. The van der Waals surface area contributed by atoms with E-state index < -0.39 is 0 Å². The van der Waals surface area contributed by atoms with Crippen LogP contribution < -0.4 is 5.32 Å². The number of piperidine rings is 1. The van der Waals surface area contributed by atoms with Crippen molar-refractivity contribution in [1.29, 1.82) is 0 Å². The predicted octanol–water partition coefficient (Wildman–Crippen LogP) is 1.65. The molecule has 0 saturated carbocycles. The summed E-state index contributed by atoms with van der Waals surface area (Å²) in [7, 11) is 2.04. The number of nitrogens with zero attached hydrogens (tertiary/aromatic N) is 6. The van der Waals surface area contributed by atoms with Gasteiger partial charge in [-0.2, -0.15) is 0 Å². The molecule has 5 rings (SSSR count). The number of hydrogen-bond acceptors (Lipinski definition) is 5. The molecule has 0 aliphatic carbocycles. The van der Waals surface area contributed by atoms with Gasteiger partial charge in [0.25, 0.3) is 0 Å². The minimum atomic E-state index is 0.545. The summed E-state index contributed by atoms with van der Waals surface area (Å²) in [6, 6.07) is 6.64. The number of imidazole rings is 1. The molecule has 4 heterocycles. The standard InChI is InChI=1S/C19H25N7/c1-24-13-21-16-10-14(2-3-17(16)24)12-25-7-4-15(5-8-25)19-23-22-18-11-20-6-9-26(18)19/h2-3,10,13,15,20H,4-9,11-12H2,1H3. The number of likely N-dealkylation sites (tertiary alicyclic amines) is 1. The van der Waals surface area contributed by atoms with Crippen LogP contribution in [-0.2, 0) is 26.7 Å². The van der Waals surface area contributed by atoms with E-state index in [2.05, 4.69) is 52.7 Å². The number of benzene rings is 1. The molecule has 1 fully saturated rings. The average Bonchev–Trinajstić information content (AvgIpc) is 3.26. The van der Waals surface area contributed by atoms with Crippen LogP contribution >= 0.6 is 0 Å². The van der Waals surface area contributed by atoms with Crippen molar-refractivity contribution in [3.63, 3.8) is 0 Å². The Morgan fingerprint density at radius 1 is 1.15 bits per heavy atom. The third-order valence-electron chi connectivity index (χ3n) is 5.80. The van der Waals surface area contributed by atoms with E-state index in [1.807, 2.05) is 13.4 Å². The molecule has 7 nitrogen and oxygen atoms in total. The van der Waals surface area contributed by atoms with Crippen molar-refractivity contribution in [2.24, 2.45) is 7.05 Å². The van der Waals surface area contributed by atoms with Crippen molar-refractivity contribution in [1.82, 2.24) is 34.5 Å². The van der Waals surface area contributed by atoms with Crippen LogP contribution in [0.1, 0.15) is 36.0 Å². The van der Waals surface area contributed by atoms with Gasteiger partial charge < -0.3 is 14.5 Å². The summed E-state index contributed by atoms with van der Waals surface area (Å²) in [5.41, 5.74) is 3.63. The Labute approximate surface area is 153 Å². The zero-order valence-corrected chi connectivity index (χ0v) is 15.2. The number of nitrogens with one attached hydrogen (secondary N) is 1. The molecule has 0 radical (unpaired) electrons. The van der Waals surface area contributed by atoms with E-state index in [-0.39, 0.29) is 0 Å². The number of rotatable bonds is 3. The van der Waals surface area contributed by atoms with Gasteiger partial charge in [0.15, 0.2) is 0 Å². The molecule has 3 aromatic rings. The van der Waals surface area contributed by atoms with Gasteiger partial charge in [-0.05, 0) is 43.6 Å². The highest BCUT2D eigenvalue weighted by Crippen LogP contribution is 2.28. The van der Waals surface area contributed by atoms with E-state index >= 15 is 0 Å². The Hall–Kier alpha value is -2.25. The van der Waals surface area contributed by atoms with E-state index in [1.165, 1.54) is 16.9 Å². The second kappa shape index (κ2) is 6.48. The van der Waals surface area contributed by atoms with E-state index in [4.69, 9.17) is 0 Å². The lowest BCUT2D eigenvalue weighted by Gasteiger charge is -2.32. The van der Waals surface area contributed by atoms with Crippen molar-refractivity contribution >= 4 is 11.0 Å². The smallest absolute Gasteiger partial charge is 0.147 e. The molecule has 26 heavy (non-hydrogen) atoms. The molecule has 2 aliphatic rings. The predicted molar refractivity (Wildman–Crippen MR) is 99.7 cm³/mol. The van der Waals surface area contributed by atoms with Crippen LogP contribution in [0.5, 0.6) is 0 Å². The first kappa shape index (κ1) is 16.0. The fourth-order valence-corrected chi connectivity index (χ4v) is 4.30. The maximum Gasteiger partial charge on any atom is 0.147 e. The first-order valence-corrected chi connectivity index (χ1v) is 9.53. The lowest BCUT2D eigenvalue weighted by molar-refractivity contribution is 0.199. The summed E-state index contributed by atoms with van der Waals surface area (Å²) in [4.78, 5) is 7.03. The summed E-state index contributed by atoms with van der Waals surface area (Å²) < 4.78 is 4.41. The van der Waals surface area contributed by atoms with Gasteiger partial charge in [-0.1, -0.05) is 6.07 Å². The molecule has 2 aliphatic heterocycles. The van der Waals surface area contributed by atoms with Gasteiger partial charge in [0.05, 0.1) is 23.9 Å². The topological polar surface area (TPSA) is 63.8 Å². The maximum absolute atomic E-state index is 4.51. The Kier molecular flexibility index (Phi) is 3.98. The van der Waals surface area contributed by atoms with E-state index in [1.54, 1.807) is 0 Å². The molecule has 0 amide bonds. The van der Waals surface area contributed by atoms with Crippen LogP contribution in [0.25, 0.3) is 11.0 Å². The lowest BCUT2D eigenvalue weighted by Crippen LogP contribution is -2.34. The highest BCUT2D eigenvalue weighted by molar-refractivity contribution is 5.75. The van der Waals surface area contributed by atoms with Gasteiger partial charge in [0, 0.05) is 32.6 Å². The number of fused-ring (bicyclic) bond motifs is 2. The summed E-state index contributed by atoms with van der Waals surface area (Å²) in [6.07, 6.45) is 4.21. The fraction of sp³-hybridized carbons (Fsp3) is 0.526. The third-order valence-corrected chi connectivity index (χ3v) is 5.80. The molecule has 0 unspecified atom stereocenters. The van der Waals surface area contributed by atoms with Gasteiger partial charge in [0.2, 0.25) is 0 Å². The fourth-order valence-electron chi connectivity index (χ4n) is 4.30. The summed E-state index contributed by atoms with van der Waals surface area (Å²) in [5, 5.41) is 12.3. The molecular weight excluding hydrogens is 326 g/mol. The quantitative estimate of drug-likeness (QED) is 0.777. The highest BCUT2D eigenvalue weighted by atomic mass is 15.3. The minimum Gasteiger partial charge on any atom is -0.334 e. The normalized spacial score (nSPS) is 19.1. The van der Waals surface area contributed by atoms with Crippen LogP contribution in [0.15, 0.2) is 24.5 Å². The Morgan fingerprint density at radius 3 is 2.92 bits per heavy atom. The van der Waals surface area contributed by atoms with Crippen LogP contribution in [0, 0.1) is 0 Å². The zero-order chi connectivity index (χ0) is 17.5. The Bertz CT molecular complexity index is 917. The van der Waals surface area contributed by atoms with Crippen molar-refractivity contribution in [2.75, 3.05) is 19.6 Å². The summed E-state index contributed by atoms with van der Waals surface area (Å²) >= 11 is 0. The average molecular weight is 351 g/mol. The van der Waals surface area contributed by atoms with Crippen LogP contribution in [0.4, 0.5) is 0 Å². The molecule has 0 atom stereocenters. The monoisotopic (exact) mass is 351 g/mol. The minimum absolute atomic E-state index is 0.545. The molecule has 7 heteroatoms. The number of aryl methyl sites for hydroxylation is 1. The summed E-state index contributed by atoms with van der Waals surface area (Å²) in [6.45, 7) is 6.11. The Morgan fingerprint density at radius 2 is 2.04 bits per heavy atom. The van der Waals surface area contributed by atoms with Crippen LogP contribution in [-0.4, -0.2) is 48.8 Å². The summed E-state index contributed by atoms with van der Waals surface area (Å²) in [5.74, 6) is 2.84. The van der Waals surface area contributed by atoms with Crippen molar-refractivity contribution in [2.45, 2.75) is 38.4 Å². The van der Waals surface area contributed by atoms with E-state index in [0.717, 1.165) is 63.5 Å². The second-order valence-corrected chi connectivity index (χ2v) is 7.53. The first-order valence-electron chi connectivity index (χ1n) is 9.53. The van der Waals surface area contributed by atoms with Gasteiger partial charge in [0.1, 0.15) is 11.6 Å². The molecule has 0 spiro atoms. The Balaban J connectivity index is 1.24. The van der Waals surface area contributed by atoms with Gasteiger partial charge >= 0.3 is 0 Å². The molecule has 136 valence electrons. The van der Waals surface area contributed by atoms with Gasteiger partial charge in [-0.15, -0.1) is 10.2 Å². The van der Waals surface area contributed by atoms with Crippen LogP contribution in [0.2, 0.25) is 0 Å². The zero-order valence-electron chi connectivity index (χ0n) is 15.2. The van der Waals surface area contributed by atoms with E-state index in [9.17, 15) is 0 Å². The van der Waals surface area contributed by atoms with Crippen LogP contribution in [0.3, 0.4) is 0 Å². The SMILES string of the molecule is Cn1cnc2cc(CN3CCC(c4nnc5n4CCNC5)CC3)ccc21. The number of aromatic nitrogens is 5. The molecule has 0 bridgehead atoms. The molecule has 1 N–H and O–H groups in total. The number of hydrogen-bond donors (Lipinski definition) is 1. The maximum atomic E-state index is 4.51. The molecule has 2 aromatic heterocycles. The van der Waals surface area contributed by atoms with Gasteiger partial charge in [-0.3, -0.25) is 4.90 Å². The van der Waals surface area contributed by atoms with Gasteiger partial charge in [-0.25, -0.2) is 4.98 Å². The first-order chi connectivity index (χ1) is 12.8. The molecule has 1 saturated heterocycles. The lowest BCUT2D eigenvalue weighted by atomic mass is 9.95. The van der Waals surface area contributed by atoms with Crippen molar-refractivity contribution < 1.29 is 0 Å². The van der Waals surface area contributed by atoms with Crippen molar-refractivity contribution in [3.8, 4) is 0 Å². The molecule has 1 aromatic carbocycles. The second-order valence-electron chi connectivity index (χ2n) is 7.53. The van der Waals surface area contributed by atoms with Crippen molar-refractivity contribution in [3.05, 3.63) is 41.7 Å². The highest BCUT2D eigenvalue weighted by Gasteiger charge is 2.27.